The third-order valence-electron chi connectivity index (χ3n) is 5.68. The maximum Gasteiger partial charge on any atom is 0.162 e. The Kier molecular flexibility index (Phi) is 8.48. The number of halogens is 2. The predicted molar refractivity (Wildman–Crippen MR) is 132 cm³/mol. The van der Waals surface area contributed by atoms with E-state index in [2.05, 4.69) is 47.8 Å². The summed E-state index contributed by atoms with van der Waals surface area (Å²) in [6.45, 7) is 0.864. The molecule has 0 aliphatic carbocycles. The largest absolute Gasteiger partial charge is 0.310 e. The van der Waals surface area contributed by atoms with Gasteiger partial charge in [-0.05, 0) is 53.7 Å². The molecule has 4 heteroatoms. The van der Waals surface area contributed by atoms with Gasteiger partial charge in [-0.3, -0.25) is 4.79 Å². The smallest absolute Gasteiger partial charge is 0.162 e. The normalized spacial score (nSPS) is 15.6. The quantitative estimate of drug-likeness (QED) is 0.401. The summed E-state index contributed by atoms with van der Waals surface area (Å²) in [4.78, 5) is 12.7. The molecule has 2 nitrogen and oxygen atoms in total. The van der Waals surface area contributed by atoms with Crippen LogP contribution in [-0.4, -0.2) is 18.4 Å². The Morgan fingerprint density at radius 2 is 1.55 bits per heavy atom. The zero-order valence-corrected chi connectivity index (χ0v) is 19.0. The van der Waals surface area contributed by atoms with E-state index in [9.17, 15) is 4.79 Å². The van der Waals surface area contributed by atoms with Gasteiger partial charge in [0.1, 0.15) is 0 Å². The Morgan fingerprint density at radius 3 is 2.23 bits per heavy atom. The molecule has 3 aromatic carbocycles. The fraction of sp³-hybridized carbons (Fsp3) is 0.222. The molecule has 0 spiro atoms. The molecule has 0 saturated carbocycles. The summed E-state index contributed by atoms with van der Waals surface area (Å²) >= 11 is 5.95. The van der Waals surface area contributed by atoms with Gasteiger partial charge in [-0.2, -0.15) is 0 Å². The average molecular weight is 452 g/mol. The zero-order chi connectivity index (χ0) is 20.8. The lowest BCUT2D eigenvalue weighted by Gasteiger charge is -2.24. The van der Waals surface area contributed by atoms with E-state index < -0.39 is 0 Å². The fourth-order valence-corrected chi connectivity index (χ4v) is 4.08. The van der Waals surface area contributed by atoms with Crippen LogP contribution in [-0.2, 0) is 6.42 Å². The van der Waals surface area contributed by atoms with Crippen LogP contribution in [0, 0.1) is 0 Å². The number of nitrogens with one attached hydrogen (secondary N) is 1. The SMILES string of the molecule is Cl.O=C(CCC1CC(c2ccccc2)=CCN1)c1ccc(Cc2ccc(Cl)cc2)cc1. The highest BCUT2D eigenvalue weighted by Gasteiger charge is 2.17. The van der Waals surface area contributed by atoms with Crippen molar-refractivity contribution in [1.29, 1.82) is 0 Å². The van der Waals surface area contributed by atoms with Crippen LogP contribution in [0.25, 0.3) is 5.57 Å². The third kappa shape index (κ3) is 6.54. The van der Waals surface area contributed by atoms with Crippen LogP contribution in [0.3, 0.4) is 0 Å². The summed E-state index contributed by atoms with van der Waals surface area (Å²) in [7, 11) is 0. The van der Waals surface area contributed by atoms with E-state index in [1.165, 1.54) is 22.3 Å². The lowest BCUT2D eigenvalue weighted by atomic mass is 9.92. The van der Waals surface area contributed by atoms with Gasteiger partial charge in [-0.15, -0.1) is 12.4 Å². The van der Waals surface area contributed by atoms with Crippen molar-refractivity contribution in [2.24, 2.45) is 0 Å². The number of ketones is 1. The maximum absolute atomic E-state index is 12.7. The van der Waals surface area contributed by atoms with Gasteiger partial charge in [0.05, 0.1) is 0 Å². The Bertz CT molecular complexity index is 1010. The number of benzene rings is 3. The molecule has 0 fully saturated rings. The van der Waals surface area contributed by atoms with Gasteiger partial charge >= 0.3 is 0 Å². The van der Waals surface area contributed by atoms with Crippen molar-refractivity contribution in [2.45, 2.75) is 31.7 Å². The van der Waals surface area contributed by atoms with Crippen molar-refractivity contribution in [1.82, 2.24) is 5.32 Å². The Balaban J connectivity index is 0.00000272. The molecule has 0 bridgehead atoms. The van der Waals surface area contributed by atoms with Crippen molar-refractivity contribution in [3.63, 3.8) is 0 Å². The summed E-state index contributed by atoms with van der Waals surface area (Å²) in [5, 5.41) is 4.28. The topological polar surface area (TPSA) is 29.1 Å². The lowest BCUT2D eigenvalue weighted by molar-refractivity contribution is 0.0976. The molecule has 3 aromatic rings. The highest BCUT2D eigenvalue weighted by atomic mass is 35.5. The average Bonchev–Trinajstić information content (AvgIpc) is 2.80. The van der Waals surface area contributed by atoms with Gasteiger partial charge < -0.3 is 5.32 Å². The summed E-state index contributed by atoms with van der Waals surface area (Å²) in [5.74, 6) is 0.214. The van der Waals surface area contributed by atoms with E-state index in [0.29, 0.717) is 12.5 Å². The van der Waals surface area contributed by atoms with E-state index in [4.69, 9.17) is 11.6 Å². The van der Waals surface area contributed by atoms with Crippen LogP contribution < -0.4 is 5.32 Å². The molecular formula is C27H27Cl2NO. The van der Waals surface area contributed by atoms with Gasteiger partial charge in [0, 0.05) is 29.6 Å². The second kappa shape index (κ2) is 11.3. The van der Waals surface area contributed by atoms with Crippen LogP contribution in [0.1, 0.15) is 46.3 Å². The number of carbonyl (C=O) groups excluding carboxylic acids is 1. The third-order valence-corrected chi connectivity index (χ3v) is 5.94. The van der Waals surface area contributed by atoms with Gasteiger partial charge in [0.2, 0.25) is 0 Å². The molecule has 0 saturated heterocycles. The molecule has 1 N–H and O–H groups in total. The van der Waals surface area contributed by atoms with Crippen molar-refractivity contribution in [3.8, 4) is 0 Å². The second-order valence-electron chi connectivity index (χ2n) is 7.87. The predicted octanol–water partition coefficient (Wildman–Crippen LogP) is 6.76. The molecule has 0 radical (unpaired) electrons. The first kappa shape index (κ1) is 23.3. The first-order valence-corrected chi connectivity index (χ1v) is 10.9. The molecule has 1 aliphatic heterocycles. The zero-order valence-electron chi connectivity index (χ0n) is 17.4. The van der Waals surface area contributed by atoms with Crippen molar-refractivity contribution < 1.29 is 4.79 Å². The van der Waals surface area contributed by atoms with Crippen LogP contribution in [0.15, 0.2) is 84.9 Å². The second-order valence-corrected chi connectivity index (χ2v) is 8.30. The number of rotatable bonds is 7. The molecule has 160 valence electrons. The first-order chi connectivity index (χ1) is 14.7. The summed E-state index contributed by atoms with van der Waals surface area (Å²) in [5.41, 5.74) is 5.86. The Labute approximate surface area is 195 Å². The summed E-state index contributed by atoms with van der Waals surface area (Å²) < 4.78 is 0. The van der Waals surface area contributed by atoms with E-state index >= 15 is 0 Å². The highest BCUT2D eigenvalue weighted by Crippen LogP contribution is 2.24. The number of carbonyl (C=O) groups is 1. The van der Waals surface area contributed by atoms with Gasteiger partial charge in [-0.1, -0.05) is 84.4 Å². The minimum Gasteiger partial charge on any atom is -0.310 e. The van der Waals surface area contributed by atoms with Crippen LogP contribution in [0.4, 0.5) is 0 Å². The monoisotopic (exact) mass is 451 g/mol. The van der Waals surface area contributed by atoms with E-state index in [1.54, 1.807) is 0 Å². The molecule has 4 rings (SSSR count). The molecule has 1 atom stereocenters. The Hall–Kier alpha value is -2.39. The van der Waals surface area contributed by atoms with Gasteiger partial charge in [-0.25, -0.2) is 0 Å². The van der Waals surface area contributed by atoms with Crippen molar-refractivity contribution >= 4 is 35.4 Å². The highest BCUT2D eigenvalue weighted by molar-refractivity contribution is 6.30. The minimum absolute atomic E-state index is 0. The molecule has 1 heterocycles. The standard InChI is InChI=1S/C27H26ClNO.ClH/c28-25-12-8-21(9-13-25)18-20-6-10-23(11-7-20)27(30)15-14-26-19-24(16-17-29-26)22-4-2-1-3-5-22;/h1-13,16,26,29H,14-15,17-19H2;1H. The van der Waals surface area contributed by atoms with Gasteiger partial charge in [0.25, 0.3) is 0 Å². The van der Waals surface area contributed by atoms with Crippen LogP contribution >= 0.6 is 24.0 Å². The van der Waals surface area contributed by atoms with Crippen molar-refractivity contribution in [2.75, 3.05) is 6.54 Å². The molecule has 1 aliphatic rings. The number of hydrogen-bond acceptors (Lipinski definition) is 2. The van der Waals surface area contributed by atoms with Crippen molar-refractivity contribution in [3.05, 3.63) is 112 Å². The van der Waals surface area contributed by atoms with Crippen LogP contribution in [0.2, 0.25) is 5.02 Å². The number of hydrogen-bond donors (Lipinski definition) is 1. The summed E-state index contributed by atoms with van der Waals surface area (Å²) in [6, 6.07) is 26.8. The molecule has 1 unspecified atom stereocenters. The molecule has 31 heavy (non-hydrogen) atoms. The maximum atomic E-state index is 12.7. The fourth-order valence-electron chi connectivity index (χ4n) is 3.96. The lowest BCUT2D eigenvalue weighted by Crippen LogP contribution is -2.33. The number of Topliss-reactive ketones (excluding diaryl/α,β-unsaturated/α-hetero) is 1. The van der Waals surface area contributed by atoms with Gasteiger partial charge in [0.15, 0.2) is 5.78 Å². The van der Waals surface area contributed by atoms with E-state index in [-0.39, 0.29) is 18.2 Å². The molecule has 0 aromatic heterocycles. The van der Waals surface area contributed by atoms with E-state index in [0.717, 1.165) is 36.4 Å². The van der Waals surface area contributed by atoms with E-state index in [1.807, 2.05) is 42.5 Å². The van der Waals surface area contributed by atoms with Crippen LogP contribution in [0.5, 0.6) is 0 Å². The summed E-state index contributed by atoms with van der Waals surface area (Å²) in [6.07, 6.45) is 5.49. The first-order valence-electron chi connectivity index (χ1n) is 10.5. The minimum atomic E-state index is 0. The molecular weight excluding hydrogens is 425 g/mol. The Morgan fingerprint density at radius 1 is 0.903 bits per heavy atom. The molecule has 0 amide bonds.